The Balaban J connectivity index is 2.10. The van der Waals surface area contributed by atoms with E-state index in [0.717, 1.165) is 5.56 Å². The average molecular weight is 222 g/mol. The van der Waals surface area contributed by atoms with Crippen LogP contribution in [0.3, 0.4) is 0 Å². The molecule has 0 amide bonds. The van der Waals surface area contributed by atoms with Crippen molar-refractivity contribution in [3.8, 4) is 0 Å². The second-order valence-electron chi connectivity index (χ2n) is 3.23. The number of anilines is 1. The van der Waals surface area contributed by atoms with Crippen molar-refractivity contribution in [3.63, 3.8) is 0 Å². The Bertz CT molecular complexity index is 595. The highest BCUT2D eigenvalue weighted by molar-refractivity contribution is 5.30. The highest BCUT2D eigenvalue weighted by Gasteiger charge is 2.02. The molecule has 0 spiro atoms. The number of hydrogen-bond donors (Lipinski definition) is 3. The lowest BCUT2D eigenvalue weighted by Gasteiger charge is -2.00. The second kappa shape index (κ2) is 4.01. The van der Waals surface area contributed by atoms with Crippen LogP contribution in [0.5, 0.6) is 0 Å². The SMILES string of the molecule is Cn1cc(CNc2n[nH]c(=O)[nH]c2=O)cn1. The van der Waals surface area contributed by atoms with E-state index in [-0.39, 0.29) is 5.82 Å². The van der Waals surface area contributed by atoms with Gasteiger partial charge in [0.25, 0.3) is 5.56 Å². The first-order chi connectivity index (χ1) is 7.65. The monoisotopic (exact) mass is 222 g/mol. The van der Waals surface area contributed by atoms with E-state index in [2.05, 4.69) is 25.6 Å². The maximum atomic E-state index is 11.2. The molecule has 3 N–H and O–H groups in total. The molecular formula is C8H10N6O2. The van der Waals surface area contributed by atoms with Gasteiger partial charge in [0.15, 0.2) is 0 Å². The van der Waals surface area contributed by atoms with Gasteiger partial charge in [-0.05, 0) is 0 Å². The van der Waals surface area contributed by atoms with Gasteiger partial charge in [-0.25, -0.2) is 9.89 Å². The number of hydrogen-bond acceptors (Lipinski definition) is 5. The molecule has 0 aromatic carbocycles. The molecule has 2 aromatic heterocycles. The molecule has 0 unspecified atom stereocenters. The van der Waals surface area contributed by atoms with Gasteiger partial charge >= 0.3 is 5.69 Å². The number of nitrogens with zero attached hydrogens (tertiary/aromatic N) is 3. The van der Waals surface area contributed by atoms with Gasteiger partial charge in [0.2, 0.25) is 5.82 Å². The summed E-state index contributed by atoms with van der Waals surface area (Å²) in [6, 6.07) is 0. The first-order valence-electron chi connectivity index (χ1n) is 4.55. The molecule has 16 heavy (non-hydrogen) atoms. The Morgan fingerprint density at radius 2 is 2.31 bits per heavy atom. The molecule has 0 atom stereocenters. The maximum Gasteiger partial charge on any atom is 0.342 e. The fourth-order valence-corrected chi connectivity index (χ4v) is 1.22. The van der Waals surface area contributed by atoms with Gasteiger partial charge in [-0.15, -0.1) is 5.10 Å². The number of H-pyrrole nitrogens is 2. The second-order valence-corrected chi connectivity index (χ2v) is 3.23. The van der Waals surface area contributed by atoms with Crippen LogP contribution >= 0.6 is 0 Å². The molecule has 0 radical (unpaired) electrons. The maximum absolute atomic E-state index is 11.2. The minimum Gasteiger partial charge on any atom is -0.360 e. The number of nitrogens with one attached hydrogen (secondary N) is 3. The lowest BCUT2D eigenvalue weighted by molar-refractivity contribution is 0.767. The molecule has 0 bridgehead atoms. The minimum absolute atomic E-state index is 0.0726. The Kier molecular flexibility index (Phi) is 2.54. The summed E-state index contributed by atoms with van der Waals surface area (Å²) in [5, 5.41) is 12.5. The highest BCUT2D eigenvalue weighted by atomic mass is 16.2. The van der Waals surface area contributed by atoms with Crippen LogP contribution in [0.1, 0.15) is 5.56 Å². The van der Waals surface area contributed by atoms with Gasteiger partial charge < -0.3 is 5.32 Å². The molecule has 2 heterocycles. The van der Waals surface area contributed by atoms with Crippen LogP contribution in [0.2, 0.25) is 0 Å². The van der Waals surface area contributed by atoms with Crippen LogP contribution in [0.25, 0.3) is 0 Å². The van der Waals surface area contributed by atoms with E-state index in [0.29, 0.717) is 6.54 Å². The molecule has 2 aromatic rings. The zero-order valence-corrected chi connectivity index (χ0v) is 8.52. The van der Waals surface area contributed by atoms with Crippen molar-refractivity contribution in [2.75, 3.05) is 5.32 Å². The van der Waals surface area contributed by atoms with E-state index in [9.17, 15) is 9.59 Å². The van der Waals surface area contributed by atoms with Crippen molar-refractivity contribution in [1.29, 1.82) is 0 Å². The first-order valence-corrected chi connectivity index (χ1v) is 4.55. The zero-order chi connectivity index (χ0) is 11.5. The predicted octanol–water partition coefficient (Wildman–Crippen LogP) is -1.20. The molecule has 0 saturated carbocycles. The lowest BCUT2D eigenvalue weighted by Crippen LogP contribution is -2.26. The summed E-state index contributed by atoms with van der Waals surface area (Å²) in [6.45, 7) is 0.413. The third kappa shape index (κ3) is 2.16. The van der Waals surface area contributed by atoms with Gasteiger partial charge in [0.1, 0.15) is 0 Å². The minimum atomic E-state index is -0.628. The van der Waals surface area contributed by atoms with Crippen molar-refractivity contribution in [2.45, 2.75) is 6.54 Å². The van der Waals surface area contributed by atoms with Crippen molar-refractivity contribution < 1.29 is 0 Å². The predicted molar refractivity (Wildman–Crippen MR) is 56.0 cm³/mol. The summed E-state index contributed by atoms with van der Waals surface area (Å²) in [4.78, 5) is 24.0. The van der Waals surface area contributed by atoms with E-state index < -0.39 is 11.2 Å². The molecule has 0 aliphatic carbocycles. The molecule has 84 valence electrons. The number of aryl methyl sites for hydroxylation is 1. The molecular weight excluding hydrogens is 212 g/mol. The molecule has 2 rings (SSSR count). The van der Waals surface area contributed by atoms with Gasteiger partial charge in [-0.1, -0.05) is 0 Å². The smallest absolute Gasteiger partial charge is 0.342 e. The van der Waals surface area contributed by atoms with Crippen LogP contribution in [-0.4, -0.2) is 25.0 Å². The lowest BCUT2D eigenvalue weighted by atomic mass is 10.3. The van der Waals surface area contributed by atoms with Crippen molar-refractivity contribution >= 4 is 5.82 Å². The van der Waals surface area contributed by atoms with Crippen LogP contribution in [-0.2, 0) is 13.6 Å². The van der Waals surface area contributed by atoms with Crippen molar-refractivity contribution in [3.05, 3.63) is 38.8 Å². The van der Waals surface area contributed by atoms with Crippen molar-refractivity contribution in [2.24, 2.45) is 7.05 Å². The van der Waals surface area contributed by atoms with Gasteiger partial charge in [0.05, 0.1) is 6.20 Å². The number of aromatic nitrogens is 5. The van der Waals surface area contributed by atoms with Gasteiger partial charge in [-0.2, -0.15) is 5.10 Å². The Hall–Kier alpha value is -2.38. The third-order valence-corrected chi connectivity index (χ3v) is 1.93. The third-order valence-electron chi connectivity index (χ3n) is 1.93. The standard InChI is InChI=1S/C8H10N6O2/c1-14-4-5(3-10-14)2-9-6-7(15)11-8(16)13-12-6/h3-4H,2H2,1H3,(H,9,12)(H2,11,13,15,16). The topological polar surface area (TPSA) is 108 Å². The Morgan fingerprint density at radius 1 is 1.50 bits per heavy atom. The zero-order valence-electron chi connectivity index (χ0n) is 8.52. The molecule has 8 nitrogen and oxygen atoms in total. The summed E-state index contributed by atoms with van der Waals surface area (Å²) < 4.78 is 1.65. The fourth-order valence-electron chi connectivity index (χ4n) is 1.22. The van der Waals surface area contributed by atoms with E-state index in [1.165, 1.54) is 0 Å². The molecule has 0 aliphatic heterocycles. The number of rotatable bonds is 3. The van der Waals surface area contributed by atoms with E-state index in [1.807, 2.05) is 6.20 Å². The summed E-state index contributed by atoms with van der Waals surface area (Å²) in [5.74, 6) is 0.0726. The first kappa shape index (κ1) is 10.1. The van der Waals surface area contributed by atoms with E-state index in [4.69, 9.17) is 0 Å². The molecule has 0 fully saturated rings. The largest absolute Gasteiger partial charge is 0.360 e. The van der Waals surface area contributed by atoms with Crippen LogP contribution < -0.4 is 16.6 Å². The van der Waals surface area contributed by atoms with Gasteiger partial charge in [-0.3, -0.25) is 14.5 Å². The quantitative estimate of drug-likeness (QED) is 0.604. The fraction of sp³-hybridized carbons (Fsp3) is 0.250. The summed E-state index contributed by atoms with van der Waals surface area (Å²) in [6.07, 6.45) is 3.49. The highest BCUT2D eigenvalue weighted by Crippen LogP contribution is 1.98. The van der Waals surface area contributed by atoms with Crippen molar-refractivity contribution in [1.82, 2.24) is 25.0 Å². The van der Waals surface area contributed by atoms with Gasteiger partial charge in [0, 0.05) is 25.4 Å². The molecule has 0 aliphatic rings. The summed E-state index contributed by atoms with van der Waals surface area (Å²) in [7, 11) is 1.80. The Labute approximate surface area is 89.3 Å². The molecule has 8 heteroatoms. The van der Waals surface area contributed by atoms with Crippen LogP contribution in [0.15, 0.2) is 22.0 Å². The van der Waals surface area contributed by atoms with Crippen LogP contribution in [0.4, 0.5) is 5.82 Å². The summed E-state index contributed by atoms with van der Waals surface area (Å²) >= 11 is 0. The van der Waals surface area contributed by atoms with E-state index in [1.54, 1.807) is 17.9 Å². The number of aromatic amines is 2. The molecule has 0 saturated heterocycles. The normalized spacial score (nSPS) is 10.3. The summed E-state index contributed by atoms with van der Waals surface area (Å²) in [5.41, 5.74) is -0.264. The van der Waals surface area contributed by atoms with Crippen LogP contribution in [0, 0.1) is 0 Å². The Morgan fingerprint density at radius 3 is 2.94 bits per heavy atom. The average Bonchev–Trinajstić information content (AvgIpc) is 2.63. The van der Waals surface area contributed by atoms with E-state index >= 15 is 0 Å².